The molecular formula is C14H11FN4O2. The van der Waals surface area contributed by atoms with Crippen LogP contribution >= 0.6 is 0 Å². The van der Waals surface area contributed by atoms with E-state index in [1.165, 1.54) is 23.0 Å². The lowest BCUT2D eigenvalue weighted by Gasteiger charge is -2.06. The molecule has 0 spiro atoms. The highest BCUT2D eigenvalue weighted by atomic mass is 19.1. The van der Waals surface area contributed by atoms with Crippen LogP contribution in [-0.2, 0) is 4.79 Å². The number of rotatable bonds is 4. The second-order valence-corrected chi connectivity index (χ2v) is 4.28. The Hall–Kier alpha value is -2.96. The molecule has 1 heterocycles. The molecule has 2 aromatic carbocycles. The molecule has 106 valence electrons. The van der Waals surface area contributed by atoms with Gasteiger partial charge in [-0.2, -0.15) is 0 Å². The molecule has 0 aliphatic carbocycles. The first-order valence-electron chi connectivity index (χ1n) is 6.21. The fourth-order valence-corrected chi connectivity index (χ4v) is 1.83. The smallest absolute Gasteiger partial charge is 0.265 e. The third-order valence-electron chi connectivity index (χ3n) is 2.75. The zero-order valence-electron chi connectivity index (χ0n) is 10.9. The van der Waals surface area contributed by atoms with Crippen molar-refractivity contribution in [3.63, 3.8) is 0 Å². The summed E-state index contributed by atoms with van der Waals surface area (Å²) in [4.78, 5) is 18.2. The number of hydrogen-bond donors (Lipinski definition) is 1. The van der Waals surface area contributed by atoms with Crippen molar-refractivity contribution >= 4 is 22.6 Å². The minimum Gasteiger partial charge on any atom is -0.385 e. The second kappa shape index (κ2) is 5.58. The van der Waals surface area contributed by atoms with Gasteiger partial charge in [-0.3, -0.25) is 4.79 Å². The van der Waals surface area contributed by atoms with E-state index in [0.29, 0.717) is 16.7 Å². The second-order valence-electron chi connectivity index (χ2n) is 4.28. The Morgan fingerprint density at radius 3 is 2.95 bits per heavy atom. The summed E-state index contributed by atoms with van der Waals surface area (Å²) in [7, 11) is 0. The highest BCUT2D eigenvalue weighted by Crippen LogP contribution is 2.09. The molecule has 0 saturated heterocycles. The van der Waals surface area contributed by atoms with Gasteiger partial charge in [0.1, 0.15) is 16.9 Å². The molecule has 1 amide bonds. The van der Waals surface area contributed by atoms with Gasteiger partial charge in [-0.1, -0.05) is 23.0 Å². The van der Waals surface area contributed by atoms with E-state index in [0.717, 1.165) is 0 Å². The van der Waals surface area contributed by atoms with Crippen LogP contribution in [0.3, 0.4) is 0 Å². The average molecular weight is 286 g/mol. The predicted molar refractivity (Wildman–Crippen MR) is 74.0 cm³/mol. The van der Waals surface area contributed by atoms with Crippen LogP contribution in [-0.4, -0.2) is 27.7 Å². The van der Waals surface area contributed by atoms with Gasteiger partial charge < -0.3 is 10.2 Å². The van der Waals surface area contributed by atoms with Crippen LogP contribution in [0, 0.1) is 5.82 Å². The number of benzene rings is 2. The van der Waals surface area contributed by atoms with Crippen molar-refractivity contribution in [2.75, 3.05) is 11.9 Å². The van der Waals surface area contributed by atoms with Crippen LogP contribution in [0.4, 0.5) is 10.1 Å². The van der Waals surface area contributed by atoms with E-state index in [1.807, 2.05) is 12.1 Å². The van der Waals surface area contributed by atoms with Crippen LogP contribution in [0.1, 0.15) is 0 Å². The van der Waals surface area contributed by atoms with Gasteiger partial charge in [-0.05, 0) is 35.5 Å². The first-order valence-corrected chi connectivity index (χ1v) is 6.21. The Morgan fingerprint density at radius 1 is 1.24 bits per heavy atom. The predicted octanol–water partition coefficient (Wildman–Crippen LogP) is 1.64. The number of halogens is 1. The standard InChI is InChI=1S/C14H11FN4O2/c15-10-4-3-5-11(8-10)16-14(20)9-21-19-13-7-2-1-6-12(13)17-18-19/h1-8H,9H2,(H,16,20). The Bertz CT molecular complexity index is 787. The molecule has 21 heavy (non-hydrogen) atoms. The maximum atomic E-state index is 13.0. The number of aromatic nitrogens is 3. The summed E-state index contributed by atoms with van der Waals surface area (Å²) in [6, 6.07) is 12.8. The van der Waals surface area contributed by atoms with E-state index in [9.17, 15) is 9.18 Å². The maximum Gasteiger partial charge on any atom is 0.265 e. The van der Waals surface area contributed by atoms with Crippen LogP contribution in [0.15, 0.2) is 48.5 Å². The number of para-hydroxylation sites is 1. The topological polar surface area (TPSA) is 69.0 Å². The largest absolute Gasteiger partial charge is 0.385 e. The van der Waals surface area contributed by atoms with Crippen molar-refractivity contribution in [3.8, 4) is 0 Å². The number of nitrogens with one attached hydrogen (secondary N) is 1. The van der Waals surface area contributed by atoms with E-state index in [2.05, 4.69) is 15.6 Å². The molecule has 3 rings (SSSR count). The quantitative estimate of drug-likeness (QED) is 0.791. The van der Waals surface area contributed by atoms with Gasteiger partial charge >= 0.3 is 0 Å². The van der Waals surface area contributed by atoms with Gasteiger partial charge in [0, 0.05) is 5.69 Å². The summed E-state index contributed by atoms with van der Waals surface area (Å²) in [5, 5.41) is 10.2. The van der Waals surface area contributed by atoms with E-state index < -0.39 is 11.7 Å². The first kappa shape index (κ1) is 13.0. The molecular weight excluding hydrogens is 275 g/mol. The molecule has 7 heteroatoms. The minimum absolute atomic E-state index is 0.260. The van der Waals surface area contributed by atoms with E-state index >= 15 is 0 Å². The summed E-state index contributed by atoms with van der Waals surface area (Å²) in [5.74, 6) is -0.837. The summed E-state index contributed by atoms with van der Waals surface area (Å²) in [5.41, 5.74) is 1.70. The monoisotopic (exact) mass is 286 g/mol. The number of carbonyl (C=O) groups is 1. The lowest BCUT2D eigenvalue weighted by Crippen LogP contribution is -2.26. The van der Waals surface area contributed by atoms with E-state index in [-0.39, 0.29) is 6.61 Å². The molecule has 0 radical (unpaired) electrons. The highest BCUT2D eigenvalue weighted by molar-refractivity contribution is 5.91. The van der Waals surface area contributed by atoms with Gasteiger partial charge in [0.25, 0.3) is 5.91 Å². The number of fused-ring (bicyclic) bond motifs is 1. The number of carbonyl (C=O) groups excluding carboxylic acids is 1. The van der Waals surface area contributed by atoms with Gasteiger partial charge in [0.15, 0.2) is 6.61 Å². The molecule has 3 aromatic rings. The molecule has 0 bridgehead atoms. The van der Waals surface area contributed by atoms with Crippen molar-refractivity contribution in [1.29, 1.82) is 0 Å². The average Bonchev–Trinajstić information content (AvgIpc) is 2.88. The number of anilines is 1. The molecule has 1 N–H and O–H groups in total. The maximum absolute atomic E-state index is 13.0. The molecule has 6 nitrogen and oxygen atoms in total. The van der Waals surface area contributed by atoms with Crippen molar-refractivity contribution in [3.05, 3.63) is 54.3 Å². The lowest BCUT2D eigenvalue weighted by atomic mass is 10.3. The van der Waals surface area contributed by atoms with Crippen molar-refractivity contribution in [2.24, 2.45) is 0 Å². The number of amides is 1. The van der Waals surface area contributed by atoms with Crippen LogP contribution < -0.4 is 10.2 Å². The fourth-order valence-electron chi connectivity index (χ4n) is 1.83. The molecule has 0 aliphatic heterocycles. The zero-order valence-corrected chi connectivity index (χ0v) is 10.9. The van der Waals surface area contributed by atoms with E-state index in [4.69, 9.17) is 4.84 Å². The highest BCUT2D eigenvalue weighted by Gasteiger charge is 2.08. The Morgan fingerprint density at radius 2 is 2.10 bits per heavy atom. The van der Waals surface area contributed by atoms with Gasteiger partial charge in [0.05, 0.1) is 0 Å². The molecule has 0 atom stereocenters. The minimum atomic E-state index is -0.420. The first-order chi connectivity index (χ1) is 10.2. The van der Waals surface area contributed by atoms with Crippen LogP contribution in [0.5, 0.6) is 0 Å². The summed E-state index contributed by atoms with van der Waals surface area (Å²) in [6.45, 7) is -0.260. The zero-order chi connectivity index (χ0) is 14.7. The van der Waals surface area contributed by atoms with Crippen LogP contribution in [0.25, 0.3) is 11.0 Å². The normalized spacial score (nSPS) is 10.5. The number of hydrogen-bond acceptors (Lipinski definition) is 4. The summed E-state index contributed by atoms with van der Waals surface area (Å²) >= 11 is 0. The van der Waals surface area contributed by atoms with Crippen molar-refractivity contribution in [2.45, 2.75) is 0 Å². The van der Waals surface area contributed by atoms with Crippen molar-refractivity contribution < 1.29 is 14.0 Å². The third-order valence-corrected chi connectivity index (χ3v) is 2.75. The Kier molecular flexibility index (Phi) is 3.46. The van der Waals surface area contributed by atoms with Gasteiger partial charge in [-0.15, -0.1) is 5.10 Å². The Labute approximate surface area is 119 Å². The SMILES string of the molecule is O=C(COn1nnc2ccccc21)Nc1cccc(F)c1. The van der Waals surface area contributed by atoms with Gasteiger partial charge in [-0.25, -0.2) is 4.39 Å². The summed E-state index contributed by atoms with van der Waals surface area (Å²) in [6.07, 6.45) is 0. The lowest BCUT2D eigenvalue weighted by molar-refractivity contribution is -0.121. The third kappa shape index (κ3) is 2.97. The Balaban J connectivity index is 1.63. The fraction of sp³-hybridized carbons (Fsp3) is 0.0714. The molecule has 0 aliphatic rings. The van der Waals surface area contributed by atoms with E-state index in [1.54, 1.807) is 18.2 Å². The molecule has 0 fully saturated rings. The summed E-state index contributed by atoms with van der Waals surface area (Å²) < 4.78 is 13.0. The van der Waals surface area contributed by atoms with Crippen LogP contribution in [0.2, 0.25) is 0 Å². The molecule has 0 saturated carbocycles. The van der Waals surface area contributed by atoms with Gasteiger partial charge in [0.2, 0.25) is 0 Å². The van der Waals surface area contributed by atoms with Crippen molar-refractivity contribution in [1.82, 2.24) is 15.2 Å². The molecule has 0 unspecified atom stereocenters. The number of nitrogens with zero attached hydrogens (tertiary/aromatic N) is 3. The molecule has 1 aromatic heterocycles.